The zero-order chi connectivity index (χ0) is 9.31. The van der Waals surface area contributed by atoms with Crippen molar-refractivity contribution < 1.29 is 0 Å². The summed E-state index contributed by atoms with van der Waals surface area (Å²) in [7, 11) is 0. The second kappa shape index (κ2) is 3.51. The maximum absolute atomic E-state index is 9.34. The van der Waals surface area contributed by atoms with Gasteiger partial charge in [0.1, 0.15) is 5.54 Å². The van der Waals surface area contributed by atoms with Gasteiger partial charge in [0.05, 0.1) is 6.07 Å². The topological polar surface area (TPSA) is 27.0 Å². The summed E-state index contributed by atoms with van der Waals surface area (Å²) in [5, 5.41) is 9.34. The third-order valence-electron chi connectivity index (χ3n) is 3.37. The van der Waals surface area contributed by atoms with E-state index in [1.165, 1.54) is 12.8 Å². The van der Waals surface area contributed by atoms with E-state index in [-0.39, 0.29) is 5.54 Å². The molecule has 0 radical (unpaired) electrons. The van der Waals surface area contributed by atoms with Crippen molar-refractivity contribution in [2.75, 3.05) is 24.6 Å². The highest BCUT2D eigenvalue weighted by Crippen LogP contribution is 2.39. The van der Waals surface area contributed by atoms with Crippen LogP contribution in [0.4, 0.5) is 0 Å². The van der Waals surface area contributed by atoms with Crippen LogP contribution in [0.25, 0.3) is 0 Å². The molecule has 2 fully saturated rings. The smallest absolute Gasteiger partial charge is 0.121 e. The van der Waals surface area contributed by atoms with Gasteiger partial charge in [0.2, 0.25) is 0 Å². The molecule has 2 aliphatic rings. The van der Waals surface area contributed by atoms with E-state index in [0.717, 1.165) is 24.6 Å². The predicted octanol–water partition coefficient (Wildman–Crippen LogP) is 1.73. The summed E-state index contributed by atoms with van der Waals surface area (Å²) < 4.78 is 0. The predicted molar refractivity (Wildman–Crippen MR) is 55.6 cm³/mol. The molecule has 2 saturated heterocycles. The summed E-state index contributed by atoms with van der Waals surface area (Å²) in [6.07, 6.45) is 2.56. The first-order valence-corrected chi connectivity index (χ1v) is 6.19. The lowest BCUT2D eigenvalue weighted by atomic mass is 9.88. The molecule has 0 spiro atoms. The monoisotopic (exact) mass is 196 g/mol. The molecular formula is C10H16N2S. The van der Waals surface area contributed by atoms with Crippen LogP contribution in [0.2, 0.25) is 0 Å². The Morgan fingerprint density at radius 3 is 2.62 bits per heavy atom. The van der Waals surface area contributed by atoms with Crippen molar-refractivity contribution in [1.82, 2.24) is 4.90 Å². The zero-order valence-electron chi connectivity index (χ0n) is 8.12. The maximum atomic E-state index is 9.34. The molecule has 13 heavy (non-hydrogen) atoms. The third-order valence-corrected chi connectivity index (χ3v) is 4.75. The molecular weight excluding hydrogens is 180 g/mol. The minimum Gasteiger partial charge on any atom is -0.285 e. The summed E-state index contributed by atoms with van der Waals surface area (Å²) in [5.74, 6) is 2.72. The number of hydrogen-bond acceptors (Lipinski definition) is 3. The Balaban J connectivity index is 2.19. The molecule has 0 aliphatic carbocycles. The molecule has 72 valence electrons. The van der Waals surface area contributed by atoms with Gasteiger partial charge in [0.25, 0.3) is 0 Å². The number of hydrogen-bond donors (Lipinski definition) is 0. The van der Waals surface area contributed by atoms with Gasteiger partial charge in [-0.3, -0.25) is 4.90 Å². The fourth-order valence-corrected chi connectivity index (χ4v) is 3.99. The average Bonchev–Trinajstić information content (AvgIpc) is 2.73. The summed E-state index contributed by atoms with van der Waals surface area (Å²) >= 11 is 1.94. The van der Waals surface area contributed by atoms with Crippen LogP contribution in [0.5, 0.6) is 0 Å². The second-order valence-electron chi connectivity index (χ2n) is 4.15. The van der Waals surface area contributed by atoms with Crippen molar-refractivity contribution in [2.45, 2.75) is 25.3 Å². The molecule has 3 heteroatoms. The van der Waals surface area contributed by atoms with Crippen molar-refractivity contribution in [3.63, 3.8) is 0 Å². The summed E-state index contributed by atoms with van der Waals surface area (Å²) in [4.78, 5) is 2.41. The molecule has 2 atom stereocenters. The molecule has 2 aliphatic heterocycles. The van der Waals surface area contributed by atoms with E-state index in [0.29, 0.717) is 5.92 Å². The Morgan fingerprint density at radius 1 is 1.46 bits per heavy atom. The first-order valence-electron chi connectivity index (χ1n) is 5.03. The fourth-order valence-electron chi connectivity index (χ4n) is 2.40. The molecule has 0 bridgehead atoms. The normalized spacial score (nSPS) is 40.8. The highest BCUT2D eigenvalue weighted by atomic mass is 32.2. The van der Waals surface area contributed by atoms with Crippen molar-refractivity contribution in [3.05, 3.63) is 0 Å². The van der Waals surface area contributed by atoms with E-state index in [9.17, 15) is 5.26 Å². The van der Waals surface area contributed by atoms with Crippen LogP contribution in [0.3, 0.4) is 0 Å². The van der Waals surface area contributed by atoms with E-state index in [4.69, 9.17) is 0 Å². The van der Waals surface area contributed by atoms with E-state index in [1.807, 2.05) is 11.8 Å². The number of likely N-dealkylation sites (tertiary alicyclic amines) is 1. The van der Waals surface area contributed by atoms with Crippen molar-refractivity contribution in [1.29, 1.82) is 5.26 Å². The van der Waals surface area contributed by atoms with Crippen molar-refractivity contribution in [2.24, 2.45) is 5.92 Å². The summed E-state index contributed by atoms with van der Waals surface area (Å²) in [6, 6.07) is 2.57. The molecule has 0 amide bonds. The number of rotatable bonds is 1. The largest absolute Gasteiger partial charge is 0.285 e. The lowest BCUT2D eigenvalue weighted by Gasteiger charge is -2.35. The van der Waals surface area contributed by atoms with Gasteiger partial charge in [0.15, 0.2) is 0 Å². The zero-order valence-corrected chi connectivity index (χ0v) is 8.94. The molecule has 0 saturated carbocycles. The lowest BCUT2D eigenvalue weighted by Crippen LogP contribution is -2.50. The van der Waals surface area contributed by atoms with Gasteiger partial charge in [-0.25, -0.2) is 0 Å². The number of nitrogens with zero attached hydrogens (tertiary/aromatic N) is 2. The SMILES string of the molecule is CC1CSCC1(C#N)N1CCCC1. The van der Waals surface area contributed by atoms with Gasteiger partial charge in [0, 0.05) is 5.75 Å². The minimum absolute atomic E-state index is 0.124. The average molecular weight is 196 g/mol. The molecule has 2 unspecified atom stereocenters. The number of nitriles is 1. The van der Waals surface area contributed by atoms with Gasteiger partial charge in [-0.15, -0.1) is 0 Å². The van der Waals surface area contributed by atoms with Crippen LogP contribution in [-0.2, 0) is 0 Å². The van der Waals surface area contributed by atoms with E-state index < -0.39 is 0 Å². The highest BCUT2D eigenvalue weighted by Gasteiger charge is 2.46. The Kier molecular flexibility index (Phi) is 2.53. The molecule has 0 aromatic rings. The molecule has 0 N–H and O–H groups in total. The Hall–Kier alpha value is -0.200. The minimum atomic E-state index is -0.124. The molecule has 0 aromatic carbocycles. The van der Waals surface area contributed by atoms with Crippen LogP contribution in [0.1, 0.15) is 19.8 Å². The second-order valence-corrected chi connectivity index (χ2v) is 5.18. The lowest BCUT2D eigenvalue weighted by molar-refractivity contribution is 0.155. The van der Waals surface area contributed by atoms with Gasteiger partial charge in [-0.05, 0) is 37.6 Å². The van der Waals surface area contributed by atoms with Crippen LogP contribution < -0.4 is 0 Å². The van der Waals surface area contributed by atoms with E-state index in [1.54, 1.807) is 0 Å². The van der Waals surface area contributed by atoms with Gasteiger partial charge < -0.3 is 0 Å². The fraction of sp³-hybridized carbons (Fsp3) is 0.900. The van der Waals surface area contributed by atoms with Gasteiger partial charge in [-0.2, -0.15) is 17.0 Å². The Morgan fingerprint density at radius 2 is 2.15 bits per heavy atom. The summed E-state index contributed by atoms with van der Waals surface area (Å²) in [6.45, 7) is 4.50. The standard InChI is InChI=1S/C10H16N2S/c1-9-6-13-8-10(9,7-11)12-4-2-3-5-12/h9H,2-6,8H2,1H3. The highest BCUT2D eigenvalue weighted by molar-refractivity contribution is 7.99. The van der Waals surface area contributed by atoms with Crippen LogP contribution in [0, 0.1) is 17.2 Å². The van der Waals surface area contributed by atoms with Crippen LogP contribution in [0.15, 0.2) is 0 Å². The molecule has 0 aromatic heterocycles. The Labute approximate surface area is 84.3 Å². The van der Waals surface area contributed by atoms with Gasteiger partial charge in [-0.1, -0.05) is 6.92 Å². The van der Waals surface area contributed by atoms with Crippen molar-refractivity contribution >= 4 is 11.8 Å². The van der Waals surface area contributed by atoms with Crippen molar-refractivity contribution in [3.8, 4) is 6.07 Å². The molecule has 2 nitrogen and oxygen atoms in total. The van der Waals surface area contributed by atoms with E-state index in [2.05, 4.69) is 17.9 Å². The maximum Gasteiger partial charge on any atom is 0.121 e. The molecule has 2 rings (SSSR count). The van der Waals surface area contributed by atoms with E-state index >= 15 is 0 Å². The van der Waals surface area contributed by atoms with Crippen LogP contribution >= 0.6 is 11.8 Å². The first-order chi connectivity index (χ1) is 6.29. The quantitative estimate of drug-likeness (QED) is 0.639. The van der Waals surface area contributed by atoms with Gasteiger partial charge >= 0.3 is 0 Å². The summed E-state index contributed by atoms with van der Waals surface area (Å²) in [5.41, 5.74) is -0.124. The number of thioether (sulfide) groups is 1. The van der Waals surface area contributed by atoms with Crippen LogP contribution in [-0.4, -0.2) is 35.0 Å². The first kappa shape index (κ1) is 9.36. The Bertz CT molecular complexity index is 230. The third kappa shape index (κ3) is 1.37. The molecule has 2 heterocycles.